The van der Waals surface area contributed by atoms with Crippen molar-refractivity contribution in [1.82, 2.24) is 0 Å². The summed E-state index contributed by atoms with van der Waals surface area (Å²) in [5.41, 5.74) is 2.57. The fourth-order valence-corrected chi connectivity index (χ4v) is 4.01. The molecule has 3 rings (SSSR count). The van der Waals surface area contributed by atoms with Gasteiger partial charge in [-0.2, -0.15) is 8.42 Å². The van der Waals surface area contributed by atoms with Gasteiger partial charge in [-0.25, -0.2) is 9.59 Å². The van der Waals surface area contributed by atoms with Crippen LogP contribution in [0.25, 0.3) is 0 Å². The third-order valence-electron chi connectivity index (χ3n) is 4.62. The normalized spacial score (nSPS) is 10.8. The number of rotatable bonds is 8. The van der Waals surface area contributed by atoms with Gasteiger partial charge in [0, 0.05) is 17.4 Å². The molecule has 0 unspecified atom stereocenters. The Kier molecular flexibility index (Phi) is 7.68. The van der Waals surface area contributed by atoms with E-state index >= 15 is 0 Å². The second kappa shape index (κ2) is 10.6. The lowest BCUT2D eigenvalue weighted by Gasteiger charge is -2.13. The van der Waals surface area contributed by atoms with E-state index in [0.717, 1.165) is 11.1 Å². The lowest BCUT2D eigenvalue weighted by Crippen LogP contribution is -2.20. The van der Waals surface area contributed by atoms with Gasteiger partial charge in [-0.1, -0.05) is 42.5 Å². The number of esters is 1. The van der Waals surface area contributed by atoms with Crippen molar-refractivity contribution in [3.63, 3.8) is 0 Å². The number of hydrogen-bond donors (Lipinski definition) is 2. The molecule has 3 aromatic carbocycles. The largest absolute Gasteiger partial charge is 0.465 e. The summed E-state index contributed by atoms with van der Waals surface area (Å²) >= 11 is 0. The van der Waals surface area contributed by atoms with E-state index in [0.29, 0.717) is 5.69 Å². The summed E-state index contributed by atoms with van der Waals surface area (Å²) in [4.78, 5) is 24.5. The van der Waals surface area contributed by atoms with Gasteiger partial charge in [-0.15, -0.1) is 0 Å². The topological polar surface area (TPSA) is 111 Å². The van der Waals surface area contributed by atoms with Crippen LogP contribution in [0.1, 0.15) is 21.5 Å². The zero-order valence-corrected chi connectivity index (χ0v) is 19.0. The van der Waals surface area contributed by atoms with Crippen molar-refractivity contribution >= 4 is 33.5 Å². The minimum Gasteiger partial charge on any atom is -0.465 e. The number of amides is 2. The zero-order valence-electron chi connectivity index (χ0n) is 18.2. The molecular weight excluding hydrogens is 444 g/mol. The minimum atomic E-state index is -4.03. The van der Waals surface area contributed by atoms with E-state index in [2.05, 4.69) is 10.6 Å². The first-order valence-corrected chi connectivity index (χ1v) is 11.7. The van der Waals surface area contributed by atoms with Crippen LogP contribution in [0.2, 0.25) is 0 Å². The molecule has 2 N–H and O–H groups in total. The number of urea groups is 1. The number of anilines is 2. The lowest BCUT2D eigenvalue weighted by atomic mass is 10.2. The molecule has 0 aliphatic heterocycles. The molecule has 0 saturated carbocycles. The van der Waals surface area contributed by atoms with Crippen LogP contribution in [-0.4, -0.2) is 33.3 Å². The van der Waals surface area contributed by atoms with Crippen molar-refractivity contribution in [2.24, 2.45) is 0 Å². The Hall–Kier alpha value is -3.85. The number of ether oxygens (including phenoxy) is 1. The molecule has 0 bridgehead atoms. The van der Waals surface area contributed by atoms with Gasteiger partial charge in [0.15, 0.2) is 5.75 Å². The van der Waals surface area contributed by atoms with Gasteiger partial charge in [-0.05, 0) is 48.7 Å². The molecule has 0 fully saturated rings. The van der Waals surface area contributed by atoms with Crippen LogP contribution in [0.15, 0.2) is 72.8 Å². The first-order valence-electron chi connectivity index (χ1n) is 10.1. The average molecular weight is 469 g/mol. The molecule has 0 atom stereocenters. The van der Waals surface area contributed by atoms with Gasteiger partial charge >= 0.3 is 22.1 Å². The SMILES string of the molecule is COC(=O)c1ccc(NC(=O)Nc2cccc(C)c2)cc1OS(=O)(=O)CCc1ccccc1. The summed E-state index contributed by atoms with van der Waals surface area (Å²) in [6.45, 7) is 1.90. The van der Waals surface area contributed by atoms with Crippen LogP contribution in [0, 0.1) is 6.92 Å². The molecule has 0 saturated heterocycles. The fraction of sp³-hybridized carbons (Fsp3) is 0.167. The summed E-state index contributed by atoms with van der Waals surface area (Å²) in [7, 11) is -2.85. The fourth-order valence-electron chi connectivity index (χ4n) is 3.03. The Morgan fingerprint density at radius 3 is 2.24 bits per heavy atom. The molecule has 0 aromatic heterocycles. The predicted octanol–water partition coefficient (Wildman–Crippen LogP) is 4.38. The molecule has 0 aliphatic rings. The maximum Gasteiger partial charge on any atom is 0.341 e. The Morgan fingerprint density at radius 1 is 0.879 bits per heavy atom. The summed E-state index contributed by atoms with van der Waals surface area (Å²) in [5, 5.41) is 5.29. The summed E-state index contributed by atoms with van der Waals surface area (Å²) in [6.07, 6.45) is 0.244. The van der Waals surface area contributed by atoms with Gasteiger partial charge in [-0.3, -0.25) is 0 Å². The first kappa shape index (κ1) is 23.8. The third kappa shape index (κ3) is 7.08. The molecule has 0 spiro atoms. The van der Waals surface area contributed by atoms with E-state index < -0.39 is 22.1 Å². The molecule has 3 aromatic rings. The number of methoxy groups -OCH3 is 1. The molecule has 33 heavy (non-hydrogen) atoms. The van der Waals surface area contributed by atoms with Gasteiger partial charge in [0.2, 0.25) is 0 Å². The number of aryl methyl sites for hydroxylation is 2. The van der Waals surface area contributed by atoms with E-state index in [1.54, 1.807) is 12.1 Å². The van der Waals surface area contributed by atoms with Crippen LogP contribution < -0.4 is 14.8 Å². The van der Waals surface area contributed by atoms with E-state index in [4.69, 9.17) is 8.92 Å². The van der Waals surface area contributed by atoms with Gasteiger partial charge in [0.1, 0.15) is 5.56 Å². The van der Waals surface area contributed by atoms with Crippen LogP contribution in [0.3, 0.4) is 0 Å². The van der Waals surface area contributed by atoms with Crippen molar-refractivity contribution in [3.8, 4) is 5.75 Å². The van der Waals surface area contributed by atoms with Crippen molar-refractivity contribution < 1.29 is 26.9 Å². The second-order valence-corrected chi connectivity index (χ2v) is 8.92. The molecule has 0 radical (unpaired) electrons. The third-order valence-corrected chi connectivity index (χ3v) is 5.76. The molecule has 172 valence electrons. The number of nitrogens with one attached hydrogen (secondary N) is 2. The Balaban J connectivity index is 1.76. The zero-order chi connectivity index (χ0) is 23.8. The molecular formula is C24H24N2O6S. The first-order chi connectivity index (χ1) is 15.8. The van der Waals surface area contributed by atoms with E-state index in [-0.39, 0.29) is 29.2 Å². The van der Waals surface area contributed by atoms with Gasteiger partial charge in [0.25, 0.3) is 0 Å². The maximum atomic E-state index is 12.6. The predicted molar refractivity (Wildman–Crippen MR) is 126 cm³/mol. The van der Waals surface area contributed by atoms with E-state index in [9.17, 15) is 18.0 Å². The Labute approximate surface area is 192 Å². The van der Waals surface area contributed by atoms with Crippen molar-refractivity contribution in [2.75, 3.05) is 23.5 Å². The van der Waals surface area contributed by atoms with Crippen molar-refractivity contribution in [2.45, 2.75) is 13.3 Å². The lowest BCUT2D eigenvalue weighted by molar-refractivity contribution is 0.0599. The second-order valence-electron chi connectivity index (χ2n) is 7.23. The number of carbonyl (C=O) groups is 2. The van der Waals surface area contributed by atoms with Crippen LogP contribution in [0.5, 0.6) is 5.75 Å². The number of hydrogen-bond acceptors (Lipinski definition) is 6. The highest BCUT2D eigenvalue weighted by molar-refractivity contribution is 7.87. The highest BCUT2D eigenvalue weighted by atomic mass is 32.2. The van der Waals surface area contributed by atoms with E-state index in [1.807, 2.05) is 49.4 Å². The number of carbonyl (C=O) groups excluding carboxylic acids is 2. The van der Waals surface area contributed by atoms with Gasteiger partial charge in [0.05, 0.1) is 12.9 Å². The molecule has 8 nitrogen and oxygen atoms in total. The molecule has 2 amide bonds. The highest BCUT2D eigenvalue weighted by Gasteiger charge is 2.21. The van der Waals surface area contributed by atoms with Crippen molar-refractivity contribution in [1.29, 1.82) is 0 Å². The average Bonchev–Trinajstić information content (AvgIpc) is 2.78. The highest BCUT2D eigenvalue weighted by Crippen LogP contribution is 2.26. The quantitative estimate of drug-likeness (QED) is 0.375. The summed E-state index contributed by atoms with van der Waals surface area (Å²) in [5.74, 6) is -1.29. The molecule has 9 heteroatoms. The summed E-state index contributed by atoms with van der Waals surface area (Å²) < 4.78 is 35.1. The minimum absolute atomic E-state index is 0.0783. The van der Waals surface area contributed by atoms with Crippen LogP contribution >= 0.6 is 0 Å². The monoisotopic (exact) mass is 468 g/mol. The van der Waals surface area contributed by atoms with Crippen LogP contribution in [0.4, 0.5) is 16.2 Å². The molecule has 0 aliphatic carbocycles. The smallest absolute Gasteiger partial charge is 0.341 e. The Morgan fingerprint density at radius 2 is 1.58 bits per heavy atom. The Bertz CT molecular complexity index is 1240. The molecule has 0 heterocycles. The van der Waals surface area contributed by atoms with Crippen molar-refractivity contribution in [3.05, 3.63) is 89.5 Å². The van der Waals surface area contributed by atoms with Gasteiger partial charge < -0.3 is 19.6 Å². The number of benzene rings is 3. The summed E-state index contributed by atoms with van der Waals surface area (Å²) in [6, 6.07) is 19.8. The maximum absolute atomic E-state index is 12.6. The van der Waals surface area contributed by atoms with Crippen LogP contribution in [-0.2, 0) is 21.3 Å². The van der Waals surface area contributed by atoms with E-state index in [1.165, 1.54) is 25.3 Å². The standard InChI is InChI=1S/C24H24N2O6S/c1-17-7-6-10-19(15-17)25-24(28)26-20-11-12-21(23(27)31-2)22(16-20)32-33(29,30)14-13-18-8-4-3-5-9-18/h3-12,15-16H,13-14H2,1-2H3,(H2,25,26,28).